The van der Waals surface area contributed by atoms with Crippen LogP contribution in [0.1, 0.15) is 30.3 Å². The first-order chi connectivity index (χ1) is 18.2. The van der Waals surface area contributed by atoms with Gasteiger partial charge >= 0.3 is 0 Å². The average molecular weight is 538 g/mol. The van der Waals surface area contributed by atoms with Crippen LogP contribution in [0.25, 0.3) is 22.8 Å². The van der Waals surface area contributed by atoms with Crippen LogP contribution >= 0.6 is 0 Å². The minimum absolute atomic E-state index is 0.105. The summed E-state index contributed by atoms with van der Waals surface area (Å²) in [7, 11) is -0.964. The Morgan fingerprint density at radius 1 is 1.00 bits per heavy atom. The van der Waals surface area contributed by atoms with Gasteiger partial charge in [-0.1, -0.05) is 12.1 Å². The minimum Gasteiger partial charge on any atom is -0.494 e. The fourth-order valence-corrected chi connectivity index (χ4v) is 5.70. The lowest BCUT2D eigenvalue weighted by atomic mass is 10.2. The number of benzene rings is 1. The summed E-state index contributed by atoms with van der Waals surface area (Å²) < 4.78 is 47.4. The highest BCUT2D eigenvalue weighted by atomic mass is 32.2. The minimum atomic E-state index is -3.97. The number of furan rings is 1. The second-order valence-electron chi connectivity index (χ2n) is 8.77. The second kappa shape index (κ2) is 9.95. The molecule has 0 fully saturated rings. The fourth-order valence-electron chi connectivity index (χ4n) is 4.35. The third kappa shape index (κ3) is 4.41. The van der Waals surface area contributed by atoms with E-state index in [4.69, 9.17) is 13.9 Å². The van der Waals surface area contributed by atoms with Gasteiger partial charge in [0.2, 0.25) is 5.82 Å². The van der Waals surface area contributed by atoms with Gasteiger partial charge in [0.25, 0.3) is 0 Å². The predicted octanol–water partition coefficient (Wildman–Crippen LogP) is 3.54. The Morgan fingerprint density at radius 3 is 2.37 bits per heavy atom. The zero-order chi connectivity index (χ0) is 27.0. The molecule has 0 bridgehead atoms. The number of sulfone groups is 1. The maximum Gasteiger partial charge on any atom is 0.204 e. The Hall–Kier alpha value is -4.16. The van der Waals surface area contributed by atoms with Crippen molar-refractivity contribution in [3.8, 4) is 28.8 Å². The normalized spacial score (nSPS) is 13.5. The highest BCUT2D eigenvalue weighted by molar-refractivity contribution is 7.91. The number of methoxy groups -OCH3 is 2. The van der Waals surface area contributed by atoms with E-state index in [0.29, 0.717) is 34.4 Å². The number of nitrogens with zero attached hydrogens (tertiary/aromatic N) is 5. The number of rotatable bonds is 9. The summed E-state index contributed by atoms with van der Waals surface area (Å²) in [5, 5.41) is 22.7. The highest BCUT2D eigenvalue weighted by Crippen LogP contribution is 2.37. The quantitative estimate of drug-likeness (QED) is 0.300. The number of pyridine rings is 1. The van der Waals surface area contributed by atoms with Gasteiger partial charge in [0, 0.05) is 6.20 Å². The SMILES string of the molecule is COc1cccc(OC)c1-n1c(CS(=O)(=O)[C@@H](C)[C@H](O)c2cccc3ccnn23)nnc1-c1ccc(C)o1. The van der Waals surface area contributed by atoms with Crippen LogP contribution in [0.3, 0.4) is 0 Å². The Kier molecular flexibility index (Phi) is 6.67. The molecule has 0 saturated heterocycles. The summed E-state index contributed by atoms with van der Waals surface area (Å²) >= 11 is 0. The molecule has 0 aliphatic rings. The molecule has 0 aliphatic heterocycles. The van der Waals surface area contributed by atoms with Crippen LogP contribution in [0, 0.1) is 6.92 Å². The predicted molar refractivity (Wildman–Crippen MR) is 139 cm³/mol. The Bertz CT molecular complexity index is 1680. The average Bonchev–Trinajstić information content (AvgIpc) is 3.66. The zero-order valence-electron chi connectivity index (χ0n) is 21.3. The maximum atomic E-state index is 13.7. The van der Waals surface area contributed by atoms with E-state index in [2.05, 4.69) is 15.3 Å². The van der Waals surface area contributed by atoms with Crippen LogP contribution in [0.4, 0.5) is 0 Å². The first-order valence-electron chi connectivity index (χ1n) is 11.8. The summed E-state index contributed by atoms with van der Waals surface area (Å²) in [4.78, 5) is 0. The van der Waals surface area contributed by atoms with Gasteiger partial charge in [-0.2, -0.15) is 5.10 Å². The number of aromatic nitrogens is 5. The number of para-hydroxylation sites is 1. The topological polar surface area (TPSA) is 134 Å². The zero-order valence-corrected chi connectivity index (χ0v) is 22.1. The molecule has 0 saturated carbocycles. The third-order valence-corrected chi connectivity index (χ3v) is 8.46. The molecule has 1 N–H and O–H groups in total. The number of aliphatic hydroxyl groups excluding tert-OH is 1. The first-order valence-corrected chi connectivity index (χ1v) is 13.5. The van der Waals surface area contributed by atoms with E-state index in [9.17, 15) is 13.5 Å². The van der Waals surface area contributed by atoms with Crippen molar-refractivity contribution in [2.45, 2.75) is 31.0 Å². The number of hydrogen-bond acceptors (Lipinski definition) is 9. The van der Waals surface area contributed by atoms with Crippen LogP contribution in [0.15, 0.2) is 65.2 Å². The van der Waals surface area contributed by atoms with Crippen LogP contribution < -0.4 is 9.47 Å². The number of aryl methyl sites for hydroxylation is 1. The second-order valence-corrected chi connectivity index (χ2v) is 11.1. The molecule has 0 spiro atoms. The standard InChI is InChI=1S/C26H27N5O6S/c1-16-11-12-22(37-16)26-29-28-23(30(26)24-20(35-3)9-6-10-21(24)36-4)15-38(33,34)17(2)25(32)19-8-5-7-18-13-14-27-31(18)19/h5-14,17,25,32H,15H2,1-4H3/t17-,25-/m0/s1. The van der Waals surface area contributed by atoms with Gasteiger partial charge in [0.1, 0.15) is 34.8 Å². The van der Waals surface area contributed by atoms with Gasteiger partial charge in [-0.15, -0.1) is 10.2 Å². The van der Waals surface area contributed by atoms with E-state index in [0.717, 1.165) is 5.52 Å². The number of hydrogen-bond donors (Lipinski definition) is 1. The summed E-state index contributed by atoms with van der Waals surface area (Å²) in [6.07, 6.45) is 0.249. The van der Waals surface area contributed by atoms with E-state index in [1.807, 2.05) is 6.07 Å². The van der Waals surface area contributed by atoms with Crippen LogP contribution in [-0.2, 0) is 15.6 Å². The summed E-state index contributed by atoms with van der Waals surface area (Å²) in [6.45, 7) is 3.26. The number of fused-ring (bicyclic) bond motifs is 1. The fraction of sp³-hybridized carbons (Fsp3) is 0.269. The molecule has 11 nitrogen and oxygen atoms in total. The van der Waals surface area contributed by atoms with E-state index in [1.165, 1.54) is 25.7 Å². The lowest BCUT2D eigenvalue weighted by Crippen LogP contribution is -2.29. The molecule has 12 heteroatoms. The van der Waals surface area contributed by atoms with E-state index >= 15 is 0 Å². The van der Waals surface area contributed by atoms with Crippen molar-refractivity contribution >= 4 is 15.4 Å². The van der Waals surface area contributed by atoms with E-state index in [-0.39, 0.29) is 11.6 Å². The van der Waals surface area contributed by atoms with Crippen LogP contribution in [-0.4, -0.2) is 57.4 Å². The Morgan fingerprint density at radius 2 is 1.71 bits per heavy atom. The molecular weight excluding hydrogens is 510 g/mol. The Labute approximate surface area is 219 Å². The van der Waals surface area contributed by atoms with Gasteiger partial charge in [-0.05, 0) is 56.3 Å². The number of ether oxygens (including phenoxy) is 2. The van der Waals surface area contributed by atoms with Crippen LogP contribution in [0.2, 0.25) is 0 Å². The van der Waals surface area contributed by atoms with Crippen molar-refractivity contribution < 1.29 is 27.4 Å². The monoisotopic (exact) mass is 537 g/mol. The molecule has 0 amide bonds. The van der Waals surface area contributed by atoms with Gasteiger partial charge in [-0.25, -0.2) is 12.9 Å². The molecule has 4 aromatic heterocycles. The third-order valence-electron chi connectivity index (χ3n) is 6.41. The Balaban J connectivity index is 1.60. The number of aliphatic hydroxyl groups is 1. The molecule has 0 unspecified atom stereocenters. The van der Waals surface area contributed by atoms with Gasteiger partial charge in [-0.3, -0.25) is 4.57 Å². The van der Waals surface area contributed by atoms with Gasteiger partial charge in [0.05, 0.1) is 30.7 Å². The van der Waals surface area contributed by atoms with Crippen molar-refractivity contribution in [1.82, 2.24) is 24.4 Å². The molecular formula is C26H27N5O6S. The molecule has 5 rings (SSSR count). The van der Waals surface area contributed by atoms with Crippen molar-refractivity contribution in [3.05, 3.63) is 78.1 Å². The molecule has 38 heavy (non-hydrogen) atoms. The highest BCUT2D eigenvalue weighted by Gasteiger charge is 2.34. The molecule has 5 aromatic rings. The van der Waals surface area contributed by atoms with Gasteiger partial charge in [0.15, 0.2) is 21.4 Å². The van der Waals surface area contributed by atoms with Crippen molar-refractivity contribution in [2.75, 3.05) is 14.2 Å². The maximum absolute atomic E-state index is 13.7. The van der Waals surface area contributed by atoms with E-state index in [1.54, 1.807) is 66.2 Å². The van der Waals surface area contributed by atoms with Crippen molar-refractivity contribution in [3.63, 3.8) is 0 Å². The summed E-state index contributed by atoms with van der Waals surface area (Å²) in [5.41, 5.74) is 1.53. The van der Waals surface area contributed by atoms with Crippen molar-refractivity contribution in [2.24, 2.45) is 0 Å². The first kappa shape index (κ1) is 25.5. The largest absolute Gasteiger partial charge is 0.494 e. The molecule has 1 aromatic carbocycles. The molecule has 198 valence electrons. The summed E-state index contributed by atoms with van der Waals surface area (Å²) in [5.74, 6) is 1.75. The molecule has 4 heterocycles. The smallest absolute Gasteiger partial charge is 0.204 e. The van der Waals surface area contributed by atoms with Crippen LogP contribution in [0.5, 0.6) is 11.5 Å². The molecule has 2 atom stereocenters. The molecule has 0 aliphatic carbocycles. The summed E-state index contributed by atoms with van der Waals surface area (Å²) in [6, 6.07) is 15.7. The lowest BCUT2D eigenvalue weighted by Gasteiger charge is -2.21. The molecule has 0 radical (unpaired) electrons. The van der Waals surface area contributed by atoms with E-state index < -0.39 is 26.9 Å². The lowest BCUT2D eigenvalue weighted by molar-refractivity contribution is 0.168. The van der Waals surface area contributed by atoms with Gasteiger partial charge < -0.3 is 19.0 Å². The van der Waals surface area contributed by atoms with Crippen molar-refractivity contribution in [1.29, 1.82) is 0 Å².